The third kappa shape index (κ3) is 7.49. The molecule has 0 aliphatic rings. The van der Waals surface area contributed by atoms with Crippen LogP contribution in [0, 0.1) is 12.3 Å². The van der Waals surface area contributed by atoms with Crippen LogP contribution >= 0.6 is 11.6 Å². The number of nitrogens with one attached hydrogen (secondary N) is 2. The van der Waals surface area contributed by atoms with Gasteiger partial charge in [-0.15, -0.1) is 6.42 Å². The van der Waals surface area contributed by atoms with Crippen LogP contribution in [0.1, 0.15) is 44.5 Å². The Bertz CT molecular complexity index is 1180. The highest BCUT2D eigenvalue weighted by Crippen LogP contribution is 2.14. The number of amides is 2. The summed E-state index contributed by atoms with van der Waals surface area (Å²) in [4.78, 5) is 53.2. The maximum absolute atomic E-state index is 12.7. The lowest BCUT2D eigenvalue weighted by Crippen LogP contribution is -2.42. The number of rotatable bonds is 8. The fraction of sp³-hybridized carbons (Fsp3) is 0.435. The first-order valence-electron chi connectivity index (χ1n) is 10.5. The molecular weight excluding hydrogens is 464 g/mol. The third-order valence-electron chi connectivity index (χ3n) is 4.33. The van der Waals surface area contributed by atoms with E-state index < -0.39 is 35.0 Å². The Morgan fingerprint density at radius 1 is 1.29 bits per heavy atom. The Balaban J connectivity index is 1.90. The van der Waals surface area contributed by atoms with Gasteiger partial charge in [0, 0.05) is 12.7 Å². The van der Waals surface area contributed by atoms with Crippen LogP contribution in [0.5, 0.6) is 0 Å². The molecule has 1 atom stereocenters. The van der Waals surface area contributed by atoms with Crippen LogP contribution in [0.2, 0.25) is 5.15 Å². The number of carbonyl (C=O) groups excluding carboxylic acids is 3. The van der Waals surface area contributed by atoms with E-state index in [1.165, 1.54) is 29.8 Å². The molecule has 2 aromatic rings. The van der Waals surface area contributed by atoms with Gasteiger partial charge in [0.25, 0.3) is 5.91 Å². The number of halogens is 1. The quantitative estimate of drug-likeness (QED) is 0.251. The van der Waals surface area contributed by atoms with E-state index in [-0.39, 0.29) is 41.4 Å². The number of ether oxygens (including phenoxy) is 2. The summed E-state index contributed by atoms with van der Waals surface area (Å²) in [5.74, 6) is 1.21. The standard InChI is InChI=1S/C23H27ClN4O6/c1-6-11-28-13-16(18(29)15-8-9-17(24)27-19(15)28)20(30)25-10-7-12-33-21(31)14(2)26-22(32)34-23(3,4)5/h1,8-9,13-14H,7,10-12H2,2-5H3,(H,25,30)(H,26,32)/t14-/m0/s1. The number of hydrogen-bond donors (Lipinski definition) is 2. The van der Waals surface area contributed by atoms with E-state index in [4.69, 9.17) is 27.5 Å². The highest BCUT2D eigenvalue weighted by molar-refractivity contribution is 6.29. The number of carbonyl (C=O) groups is 3. The second kappa shape index (κ2) is 11.5. The normalized spacial score (nSPS) is 11.9. The molecule has 182 valence electrons. The summed E-state index contributed by atoms with van der Waals surface area (Å²) in [5.41, 5.74) is -1.00. The number of hydrogen-bond acceptors (Lipinski definition) is 7. The summed E-state index contributed by atoms with van der Waals surface area (Å²) < 4.78 is 11.7. The van der Waals surface area contributed by atoms with E-state index in [1.54, 1.807) is 20.8 Å². The zero-order valence-electron chi connectivity index (χ0n) is 19.4. The molecule has 0 aliphatic heterocycles. The van der Waals surface area contributed by atoms with Gasteiger partial charge in [-0.1, -0.05) is 17.5 Å². The fourth-order valence-corrected chi connectivity index (χ4v) is 2.98. The van der Waals surface area contributed by atoms with Crippen molar-refractivity contribution < 1.29 is 23.9 Å². The first-order chi connectivity index (χ1) is 15.9. The lowest BCUT2D eigenvalue weighted by molar-refractivity contribution is -0.145. The van der Waals surface area contributed by atoms with Crippen molar-refractivity contribution in [3.63, 3.8) is 0 Å². The van der Waals surface area contributed by atoms with Crippen molar-refractivity contribution >= 4 is 40.6 Å². The van der Waals surface area contributed by atoms with Crippen LogP contribution in [0.4, 0.5) is 4.79 Å². The number of nitrogens with zero attached hydrogens (tertiary/aromatic N) is 2. The van der Waals surface area contributed by atoms with Gasteiger partial charge in [0.05, 0.1) is 18.5 Å². The SMILES string of the molecule is C#CCn1cc(C(=O)NCCCOC(=O)[C@H](C)NC(=O)OC(C)(C)C)c(=O)c2ccc(Cl)nc21. The van der Waals surface area contributed by atoms with Gasteiger partial charge < -0.3 is 24.7 Å². The van der Waals surface area contributed by atoms with Gasteiger partial charge in [0.15, 0.2) is 0 Å². The number of esters is 1. The molecule has 0 saturated carbocycles. The van der Waals surface area contributed by atoms with Gasteiger partial charge in [0.1, 0.15) is 28.0 Å². The van der Waals surface area contributed by atoms with E-state index in [0.29, 0.717) is 6.42 Å². The molecule has 2 rings (SSSR count). The fourth-order valence-electron chi connectivity index (χ4n) is 2.83. The van der Waals surface area contributed by atoms with E-state index in [2.05, 4.69) is 21.5 Å². The minimum absolute atomic E-state index is 0.000910. The van der Waals surface area contributed by atoms with Crippen molar-refractivity contribution in [3.8, 4) is 12.3 Å². The van der Waals surface area contributed by atoms with Gasteiger partial charge in [-0.3, -0.25) is 9.59 Å². The van der Waals surface area contributed by atoms with Crippen LogP contribution in [-0.2, 0) is 20.8 Å². The van der Waals surface area contributed by atoms with Gasteiger partial charge in [0.2, 0.25) is 5.43 Å². The second-order valence-electron chi connectivity index (χ2n) is 8.35. The molecule has 0 unspecified atom stereocenters. The second-order valence-corrected chi connectivity index (χ2v) is 8.74. The first-order valence-corrected chi connectivity index (χ1v) is 10.9. The molecule has 2 N–H and O–H groups in total. The van der Waals surface area contributed by atoms with E-state index in [1.807, 2.05) is 0 Å². The van der Waals surface area contributed by atoms with Crippen LogP contribution < -0.4 is 16.1 Å². The Kier molecular flexibility index (Phi) is 9.04. The maximum atomic E-state index is 12.7. The number of fused-ring (bicyclic) bond motifs is 1. The maximum Gasteiger partial charge on any atom is 0.408 e. The van der Waals surface area contributed by atoms with E-state index in [9.17, 15) is 19.2 Å². The van der Waals surface area contributed by atoms with Crippen LogP contribution in [0.3, 0.4) is 0 Å². The first kappa shape index (κ1) is 26.7. The van der Waals surface area contributed by atoms with Crippen molar-refractivity contribution in [2.24, 2.45) is 0 Å². The molecule has 0 bridgehead atoms. The Hall–Kier alpha value is -3.58. The molecule has 0 aromatic carbocycles. The Morgan fingerprint density at radius 3 is 2.65 bits per heavy atom. The summed E-state index contributed by atoms with van der Waals surface area (Å²) in [6, 6.07) is 2.04. The molecule has 0 fully saturated rings. The largest absolute Gasteiger partial charge is 0.464 e. The third-order valence-corrected chi connectivity index (χ3v) is 4.54. The summed E-state index contributed by atoms with van der Waals surface area (Å²) in [6.45, 7) is 6.83. The van der Waals surface area contributed by atoms with Crippen LogP contribution in [0.25, 0.3) is 11.0 Å². The molecular formula is C23H27ClN4O6. The molecule has 2 heterocycles. The summed E-state index contributed by atoms with van der Waals surface area (Å²) >= 11 is 5.92. The highest BCUT2D eigenvalue weighted by Gasteiger charge is 2.22. The van der Waals surface area contributed by atoms with Crippen LogP contribution in [-0.4, -0.2) is 52.3 Å². The monoisotopic (exact) mass is 490 g/mol. The molecule has 34 heavy (non-hydrogen) atoms. The molecule has 2 amide bonds. The summed E-state index contributed by atoms with van der Waals surface area (Å²) in [6.07, 6.45) is 6.29. The molecule has 0 radical (unpaired) electrons. The molecule has 11 heteroatoms. The predicted octanol–water partition coefficient (Wildman–Crippen LogP) is 2.26. The van der Waals surface area contributed by atoms with Gasteiger partial charge >= 0.3 is 12.1 Å². The highest BCUT2D eigenvalue weighted by atomic mass is 35.5. The average Bonchev–Trinajstić information content (AvgIpc) is 2.73. The molecule has 0 aliphatic carbocycles. The Labute approximate surface area is 202 Å². The molecule has 2 aromatic heterocycles. The topological polar surface area (TPSA) is 129 Å². The summed E-state index contributed by atoms with van der Waals surface area (Å²) in [7, 11) is 0. The summed E-state index contributed by atoms with van der Waals surface area (Å²) in [5, 5.41) is 5.41. The lowest BCUT2D eigenvalue weighted by atomic mass is 10.1. The van der Waals surface area contributed by atoms with E-state index in [0.717, 1.165) is 0 Å². The van der Waals surface area contributed by atoms with Crippen molar-refractivity contribution in [1.82, 2.24) is 20.2 Å². The number of pyridine rings is 2. The zero-order chi connectivity index (χ0) is 25.5. The number of aromatic nitrogens is 2. The number of terminal acetylenes is 1. The Morgan fingerprint density at radius 2 is 2.00 bits per heavy atom. The van der Waals surface area contributed by atoms with Crippen molar-refractivity contribution in [3.05, 3.63) is 39.3 Å². The van der Waals surface area contributed by atoms with Gasteiger partial charge in [-0.05, 0) is 46.2 Å². The molecule has 0 saturated heterocycles. The lowest BCUT2D eigenvalue weighted by Gasteiger charge is -2.21. The zero-order valence-corrected chi connectivity index (χ0v) is 20.2. The van der Waals surface area contributed by atoms with E-state index >= 15 is 0 Å². The molecule has 0 spiro atoms. The minimum Gasteiger partial charge on any atom is -0.464 e. The smallest absolute Gasteiger partial charge is 0.408 e. The van der Waals surface area contributed by atoms with Crippen molar-refractivity contribution in [2.45, 2.75) is 52.3 Å². The van der Waals surface area contributed by atoms with Gasteiger partial charge in [-0.2, -0.15) is 0 Å². The predicted molar refractivity (Wildman–Crippen MR) is 127 cm³/mol. The minimum atomic E-state index is -0.904. The van der Waals surface area contributed by atoms with Crippen molar-refractivity contribution in [1.29, 1.82) is 0 Å². The number of alkyl carbamates (subject to hydrolysis) is 1. The average molecular weight is 491 g/mol. The van der Waals surface area contributed by atoms with Gasteiger partial charge in [-0.25, -0.2) is 14.6 Å². The molecule has 10 nitrogen and oxygen atoms in total. The van der Waals surface area contributed by atoms with Crippen molar-refractivity contribution in [2.75, 3.05) is 13.2 Å². The van der Waals surface area contributed by atoms with Crippen LogP contribution in [0.15, 0.2) is 23.1 Å².